The third-order valence-electron chi connectivity index (χ3n) is 3.84. The van der Waals surface area contributed by atoms with Crippen LogP contribution in [0.15, 0.2) is 18.2 Å². The van der Waals surface area contributed by atoms with Crippen molar-refractivity contribution < 1.29 is 4.79 Å². The number of benzene rings is 1. The van der Waals surface area contributed by atoms with Crippen molar-refractivity contribution in [3.05, 3.63) is 34.9 Å². The first kappa shape index (κ1) is 11.0. The molecule has 3 rings (SSSR count). The fraction of sp³-hybridized carbons (Fsp3) is 0.533. The first-order chi connectivity index (χ1) is 8.24. The predicted molar refractivity (Wildman–Crippen MR) is 68.4 cm³/mol. The molecule has 0 aliphatic heterocycles. The van der Waals surface area contributed by atoms with Gasteiger partial charge in [0.15, 0.2) is 5.78 Å². The number of hydrogen-bond acceptors (Lipinski definition) is 2. The Morgan fingerprint density at radius 1 is 1.29 bits per heavy atom. The minimum Gasteiger partial charge on any atom is -0.305 e. The number of Topliss-reactive ketones (excluding diaryl/α,β-unsaturated/α-hetero) is 1. The molecule has 0 heterocycles. The lowest BCUT2D eigenvalue weighted by molar-refractivity contribution is 0.0950. The summed E-state index contributed by atoms with van der Waals surface area (Å²) in [4.78, 5) is 12.2. The molecule has 2 heteroatoms. The summed E-state index contributed by atoms with van der Waals surface area (Å²) < 4.78 is 0. The summed E-state index contributed by atoms with van der Waals surface area (Å²) in [5.41, 5.74) is 3.70. The molecule has 2 aliphatic carbocycles. The first-order valence-corrected chi connectivity index (χ1v) is 6.66. The molecule has 17 heavy (non-hydrogen) atoms. The fourth-order valence-corrected chi connectivity index (χ4v) is 2.65. The minimum absolute atomic E-state index is 0.0399. The number of aryl methyl sites for hydroxylation is 2. The molecule has 1 aromatic carbocycles. The lowest BCUT2D eigenvalue weighted by Gasteiger charge is -2.12. The van der Waals surface area contributed by atoms with Crippen LogP contribution in [-0.4, -0.2) is 17.9 Å². The second kappa shape index (κ2) is 4.26. The van der Waals surface area contributed by atoms with Gasteiger partial charge >= 0.3 is 0 Å². The molecule has 90 valence electrons. The van der Waals surface area contributed by atoms with Crippen LogP contribution in [0.2, 0.25) is 0 Å². The topological polar surface area (TPSA) is 29.1 Å². The lowest BCUT2D eigenvalue weighted by atomic mass is 10.0. The smallest absolute Gasteiger partial charge is 0.179 e. The molecule has 0 bridgehead atoms. The number of rotatable bonds is 4. The molecule has 1 saturated carbocycles. The van der Waals surface area contributed by atoms with Gasteiger partial charge in [0, 0.05) is 11.6 Å². The van der Waals surface area contributed by atoms with Crippen LogP contribution in [0.5, 0.6) is 0 Å². The molecule has 1 unspecified atom stereocenters. The molecule has 1 fully saturated rings. The zero-order valence-corrected chi connectivity index (χ0v) is 10.3. The first-order valence-electron chi connectivity index (χ1n) is 6.66. The number of hydrogen-bond donors (Lipinski definition) is 1. The van der Waals surface area contributed by atoms with Crippen LogP contribution < -0.4 is 5.32 Å². The molecule has 0 saturated heterocycles. The Balaban J connectivity index is 1.76. The summed E-state index contributed by atoms with van der Waals surface area (Å²) in [6.07, 6.45) is 6.01. The highest BCUT2D eigenvalue weighted by Crippen LogP contribution is 2.24. The van der Waals surface area contributed by atoms with Crippen molar-refractivity contribution in [2.45, 2.75) is 51.1 Å². The van der Waals surface area contributed by atoms with Crippen LogP contribution in [0.25, 0.3) is 0 Å². The van der Waals surface area contributed by atoms with Crippen molar-refractivity contribution in [3.8, 4) is 0 Å². The number of nitrogens with one attached hydrogen (secondary N) is 1. The van der Waals surface area contributed by atoms with E-state index in [2.05, 4.69) is 17.4 Å². The van der Waals surface area contributed by atoms with Gasteiger partial charge in [0.05, 0.1) is 6.04 Å². The quantitative estimate of drug-likeness (QED) is 0.804. The van der Waals surface area contributed by atoms with E-state index >= 15 is 0 Å². The summed E-state index contributed by atoms with van der Waals surface area (Å²) in [5, 5.41) is 3.37. The molecule has 2 aliphatic rings. The highest BCUT2D eigenvalue weighted by molar-refractivity contribution is 6.00. The van der Waals surface area contributed by atoms with Gasteiger partial charge in [-0.05, 0) is 56.2 Å². The minimum atomic E-state index is -0.0399. The Kier molecular flexibility index (Phi) is 2.75. The Hall–Kier alpha value is -1.15. The van der Waals surface area contributed by atoms with Crippen molar-refractivity contribution >= 4 is 5.78 Å². The van der Waals surface area contributed by atoms with Gasteiger partial charge in [0.2, 0.25) is 0 Å². The number of carbonyl (C=O) groups is 1. The van der Waals surface area contributed by atoms with Crippen molar-refractivity contribution in [1.82, 2.24) is 5.32 Å². The lowest BCUT2D eigenvalue weighted by Crippen LogP contribution is -2.35. The zero-order chi connectivity index (χ0) is 11.8. The van der Waals surface area contributed by atoms with E-state index in [9.17, 15) is 4.79 Å². The average Bonchev–Trinajstić information content (AvgIpc) is 3.02. The van der Waals surface area contributed by atoms with Gasteiger partial charge in [-0.1, -0.05) is 12.1 Å². The van der Waals surface area contributed by atoms with Gasteiger partial charge in [0.25, 0.3) is 0 Å². The fourth-order valence-electron chi connectivity index (χ4n) is 2.65. The van der Waals surface area contributed by atoms with Gasteiger partial charge in [-0.3, -0.25) is 4.79 Å². The van der Waals surface area contributed by atoms with Crippen LogP contribution in [0.3, 0.4) is 0 Å². The Morgan fingerprint density at radius 3 is 2.82 bits per heavy atom. The molecule has 0 radical (unpaired) electrons. The average molecular weight is 229 g/mol. The molecule has 1 N–H and O–H groups in total. The van der Waals surface area contributed by atoms with Gasteiger partial charge in [0.1, 0.15) is 0 Å². The van der Waals surface area contributed by atoms with E-state index in [1.807, 2.05) is 13.0 Å². The highest BCUT2D eigenvalue weighted by Gasteiger charge is 2.26. The van der Waals surface area contributed by atoms with E-state index in [-0.39, 0.29) is 11.8 Å². The van der Waals surface area contributed by atoms with Crippen LogP contribution in [0, 0.1) is 0 Å². The normalized spacial score (nSPS) is 20.1. The maximum absolute atomic E-state index is 12.2. The molecule has 0 aromatic heterocycles. The van der Waals surface area contributed by atoms with Crippen molar-refractivity contribution in [1.29, 1.82) is 0 Å². The van der Waals surface area contributed by atoms with Crippen LogP contribution >= 0.6 is 0 Å². The van der Waals surface area contributed by atoms with Crippen molar-refractivity contribution in [2.24, 2.45) is 0 Å². The molecule has 2 nitrogen and oxygen atoms in total. The monoisotopic (exact) mass is 229 g/mol. The van der Waals surface area contributed by atoms with Gasteiger partial charge in [-0.25, -0.2) is 0 Å². The third-order valence-corrected chi connectivity index (χ3v) is 3.84. The Bertz CT molecular complexity index is 448. The Morgan fingerprint density at radius 2 is 2.06 bits per heavy atom. The summed E-state index contributed by atoms with van der Waals surface area (Å²) in [6.45, 7) is 1.98. The van der Waals surface area contributed by atoms with Crippen LogP contribution in [-0.2, 0) is 12.8 Å². The van der Waals surface area contributed by atoms with E-state index in [0.29, 0.717) is 6.04 Å². The molecular weight excluding hydrogens is 210 g/mol. The second-order valence-electron chi connectivity index (χ2n) is 5.36. The molecule has 0 amide bonds. The molecule has 1 atom stereocenters. The summed E-state index contributed by atoms with van der Waals surface area (Å²) in [6, 6.07) is 6.79. The number of ketones is 1. The predicted octanol–water partition coefficient (Wildman–Crippen LogP) is 2.50. The van der Waals surface area contributed by atoms with Crippen molar-refractivity contribution in [3.63, 3.8) is 0 Å². The van der Waals surface area contributed by atoms with Crippen LogP contribution in [0.4, 0.5) is 0 Å². The van der Waals surface area contributed by atoms with E-state index < -0.39 is 0 Å². The number of carbonyl (C=O) groups excluding carboxylic acids is 1. The van der Waals surface area contributed by atoms with Crippen LogP contribution in [0.1, 0.15) is 47.7 Å². The van der Waals surface area contributed by atoms with E-state index in [0.717, 1.165) is 12.0 Å². The summed E-state index contributed by atoms with van der Waals surface area (Å²) in [7, 11) is 0. The summed E-state index contributed by atoms with van der Waals surface area (Å²) in [5.74, 6) is 0.242. The largest absolute Gasteiger partial charge is 0.305 e. The van der Waals surface area contributed by atoms with Gasteiger partial charge in [-0.2, -0.15) is 0 Å². The van der Waals surface area contributed by atoms with Gasteiger partial charge in [-0.15, -0.1) is 0 Å². The standard InChI is InChI=1S/C15H19NO/c1-10(16-14-7-8-14)15(17)13-6-5-11-3-2-4-12(11)9-13/h5-6,9-10,14,16H,2-4,7-8H2,1H3. The van der Waals surface area contributed by atoms with E-state index in [4.69, 9.17) is 0 Å². The molecule has 1 aromatic rings. The van der Waals surface area contributed by atoms with E-state index in [1.54, 1.807) is 0 Å². The SMILES string of the molecule is CC(NC1CC1)C(=O)c1ccc2c(c1)CCC2. The van der Waals surface area contributed by atoms with E-state index in [1.165, 1.54) is 36.8 Å². The zero-order valence-electron chi connectivity index (χ0n) is 10.3. The molecule has 0 spiro atoms. The second-order valence-corrected chi connectivity index (χ2v) is 5.36. The van der Waals surface area contributed by atoms with Gasteiger partial charge < -0.3 is 5.32 Å². The van der Waals surface area contributed by atoms with Crippen molar-refractivity contribution in [2.75, 3.05) is 0 Å². The maximum atomic E-state index is 12.2. The molecular formula is C15H19NO. The highest BCUT2D eigenvalue weighted by atomic mass is 16.1. The maximum Gasteiger partial charge on any atom is 0.179 e. The Labute approximate surface area is 102 Å². The third kappa shape index (κ3) is 2.27. The number of fused-ring (bicyclic) bond motifs is 1. The summed E-state index contributed by atoms with van der Waals surface area (Å²) >= 11 is 0.